The first-order valence-corrected chi connectivity index (χ1v) is 7.90. The van der Waals surface area contributed by atoms with Crippen molar-refractivity contribution in [1.29, 1.82) is 0 Å². The van der Waals surface area contributed by atoms with Crippen LogP contribution in [0.15, 0.2) is 30.6 Å². The molecule has 0 radical (unpaired) electrons. The van der Waals surface area contributed by atoms with Gasteiger partial charge >= 0.3 is 0 Å². The molecule has 3 aromatic heterocycles. The van der Waals surface area contributed by atoms with Gasteiger partial charge in [-0.1, -0.05) is 13.0 Å². The van der Waals surface area contributed by atoms with Crippen molar-refractivity contribution in [3.63, 3.8) is 0 Å². The third-order valence-corrected chi connectivity index (χ3v) is 4.20. The standard InChI is InChI=1S/C16H20N6/c1-2-14-19-16-7-6-12(11-22(16)20-14)17-9-13-10-21-8-4-3-5-15(21)18-13/h3-5,8,10,12,17H,2,6-7,9,11H2,1H3/t12-/m0/s1. The molecule has 0 unspecified atom stereocenters. The van der Waals surface area contributed by atoms with E-state index in [2.05, 4.69) is 42.6 Å². The summed E-state index contributed by atoms with van der Waals surface area (Å²) in [7, 11) is 0. The summed E-state index contributed by atoms with van der Waals surface area (Å²) in [6.07, 6.45) is 7.12. The Hall–Kier alpha value is -2.21. The zero-order valence-corrected chi connectivity index (χ0v) is 12.7. The van der Waals surface area contributed by atoms with Crippen LogP contribution in [0.3, 0.4) is 0 Å². The first kappa shape index (κ1) is 13.5. The van der Waals surface area contributed by atoms with Crippen molar-refractivity contribution in [3.8, 4) is 0 Å². The Morgan fingerprint density at radius 2 is 2.27 bits per heavy atom. The fourth-order valence-electron chi connectivity index (χ4n) is 3.00. The lowest BCUT2D eigenvalue weighted by molar-refractivity contribution is 0.356. The van der Waals surface area contributed by atoms with E-state index in [0.29, 0.717) is 6.04 Å². The van der Waals surface area contributed by atoms with Gasteiger partial charge in [0.1, 0.15) is 11.5 Å². The molecule has 0 saturated carbocycles. The molecule has 6 nitrogen and oxygen atoms in total. The summed E-state index contributed by atoms with van der Waals surface area (Å²) < 4.78 is 4.12. The molecule has 1 aliphatic rings. The van der Waals surface area contributed by atoms with Crippen LogP contribution in [0.4, 0.5) is 0 Å². The smallest absolute Gasteiger partial charge is 0.150 e. The number of hydrogen-bond donors (Lipinski definition) is 1. The van der Waals surface area contributed by atoms with Crippen LogP contribution in [-0.2, 0) is 25.9 Å². The van der Waals surface area contributed by atoms with E-state index in [-0.39, 0.29) is 0 Å². The first-order valence-electron chi connectivity index (χ1n) is 7.90. The maximum absolute atomic E-state index is 4.62. The van der Waals surface area contributed by atoms with Crippen molar-refractivity contribution in [2.75, 3.05) is 0 Å². The average molecular weight is 296 g/mol. The van der Waals surface area contributed by atoms with Crippen molar-refractivity contribution in [1.82, 2.24) is 29.5 Å². The van der Waals surface area contributed by atoms with Gasteiger partial charge in [-0.25, -0.2) is 14.6 Å². The summed E-state index contributed by atoms with van der Waals surface area (Å²) >= 11 is 0. The number of fused-ring (bicyclic) bond motifs is 2. The zero-order chi connectivity index (χ0) is 14.9. The summed E-state index contributed by atoms with van der Waals surface area (Å²) in [5.41, 5.74) is 2.07. The van der Waals surface area contributed by atoms with Crippen molar-refractivity contribution >= 4 is 5.65 Å². The molecular formula is C16H20N6. The van der Waals surface area contributed by atoms with Crippen molar-refractivity contribution in [3.05, 3.63) is 47.9 Å². The van der Waals surface area contributed by atoms with Crippen molar-refractivity contribution in [2.45, 2.75) is 45.3 Å². The van der Waals surface area contributed by atoms with Gasteiger partial charge in [-0.3, -0.25) is 0 Å². The Bertz CT molecular complexity index is 754. The SMILES string of the molecule is CCc1nc2n(n1)C[C@@H](NCc1cn3ccccc3n1)CC2. The fourth-order valence-corrected chi connectivity index (χ4v) is 3.00. The van der Waals surface area contributed by atoms with Gasteiger partial charge in [0.15, 0.2) is 5.82 Å². The normalized spacial score (nSPS) is 17.8. The summed E-state index contributed by atoms with van der Waals surface area (Å²) in [4.78, 5) is 9.18. The highest BCUT2D eigenvalue weighted by Gasteiger charge is 2.21. The van der Waals surface area contributed by atoms with Gasteiger partial charge in [0, 0.05) is 37.8 Å². The van der Waals surface area contributed by atoms with Gasteiger partial charge in [-0.2, -0.15) is 5.10 Å². The molecule has 0 aliphatic carbocycles. The molecule has 6 heteroatoms. The highest BCUT2D eigenvalue weighted by Crippen LogP contribution is 2.14. The third kappa shape index (κ3) is 2.50. The third-order valence-electron chi connectivity index (χ3n) is 4.20. The zero-order valence-electron chi connectivity index (χ0n) is 12.7. The molecule has 4 heterocycles. The van der Waals surface area contributed by atoms with Gasteiger partial charge in [-0.05, 0) is 18.6 Å². The summed E-state index contributed by atoms with van der Waals surface area (Å²) in [6, 6.07) is 6.49. The van der Waals surface area contributed by atoms with Crippen molar-refractivity contribution in [2.24, 2.45) is 0 Å². The van der Waals surface area contributed by atoms with Crippen LogP contribution in [0.1, 0.15) is 30.7 Å². The molecule has 0 amide bonds. The fraction of sp³-hybridized carbons (Fsp3) is 0.438. The van der Waals surface area contributed by atoms with Crippen molar-refractivity contribution < 1.29 is 0 Å². The van der Waals surface area contributed by atoms with Crippen LogP contribution in [0.2, 0.25) is 0 Å². The minimum atomic E-state index is 0.434. The van der Waals surface area contributed by atoms with Gasteiger partial charge in [-0.15, -0.1) is 0 Å². The van der Waals surface area contributed by atoms with Gasteiger partial charge in [0.05, 0.1) is 12.2 Å². The molecule has 0 bridgehead atoms. The number of imidazole rings is 1. The molecular weight excluding hydrogens is 276 g/mol. The van der Waals surface area contributed by atoms with Crippen LogP contribution in [0.25, 0.3) is 5.65 Å². The highest BCUT2D eigenvalue weighted by atomic mass is 15.4. The average Bonchev–Trinajstić information content (AvgIpc) is 3.15. The van der Waals surface area contributed by atoms with E-state index >= 15 is 0 Å². The van der Waals surface area contributed by atoms with Crippen LogP contribution < -0.4 is 5.32 Å². The summed E-state index contributed by atoms with van der Waals surface area (Å²) in [6.45, 7) is 3.78. The monoisotopic (exact) mass is 296 g/mol. The van der Waals surface area contributed by atoms with Crippen LogP contribution >= 0.6 is 0 Å². The number of nitrogens with zero attached hydrogens (tertiary/aromatic N) is 5. The summed E-state index contributed by atoms with van der Waals surface area (Å²) in [5.74, 6) is 2.08. The van der Waals surface area contributed by atoms with E-state index in [1.807, 2.05) is 24.4 Å². The predicted octanol–water partition coefficient (Wildman–Crippen LogP) is 1.59. The van der Waals surface area contributed by atoms with Gasteiger partial charge in [0.25, 0.3) is 0 Å². The molecule has 4 rings (SSSR count). The highest BCUT2D eigenvalue weighted by molar-refractivity contribution is 5.39. The van der Waals surface area contributed by atoms with E-state index in [9.17, 15) is 0 Å². The number of aromatic nitrogens is 5. The van der Waals surface area contributed by atoms with E-state index in [1.165, 1.54) is 0 Å². The Labute approximate surface area is 129 Å². The van der Waals surface area contributed by atoms with E-state index in [4.69, 9.17) is 0 Å². The molecule has 0 fully saturated rings. The minimum absolute atomic E-state index is 0.434. The maximum Gasteiger partial charge on any atom is 0.150 e. The second kappa shape index (κ2) is 5.53. The molecule has 0 spiro atoms. The quantitative estimate of drug-likeness (QED) is 0.794. The van der Waals surface area contributed by atoms with E-state index in [1.54, 1.807) is 0 Å². The molecule has 22 heavy (non-hydrogen) atoms. The Kier molecular flexibility index (Phi) is 3.38. The van der Waals surface area contributed by atoms with Gasteiger partial charge in [0.2, 0.25) is 0 Å². The second-order valence-electron chi connectivity index (χ2n) is 5.79. The lowest BCUT2D eigenvalue weighted by Crippen LogP contribution is -2.37. The molecule has 1 aliphatic heterocycles. The molecule has 1 atom stereocenters. The second-order valence-corrected chi connectivity index (χ2v) is 5.79. The lowest BCUT2D eigenvalue weighted by atomic mass is 10.1. The molecule has 114 valence electrons. The predicted molar refractivity (Wildman–Crippen MR) is 83.5 cm³/mol. The Morgan fingerprint density at radius 3 is 3.14 bits per heavy atom. The number of aryl methyl sites for hydroxylation is 2. The number of rotatable bonds is 4. The molecule has 0 saturated heterocycles. The largest absolute Gasteiger partial charge is 0.307 e. The Balaban J connectivity index is 1.42. The maximum atomic E-state index is 4.62. The minimum Gasteiger partial charge on any atom is -0.307 e. The first-order chi connectivity index (χ1) is 10.8. The van der Waals surface area contributed by atoms with E-state index in [0.717, 1.165) is 55.3 Å². The van der Waals surface area contributed by atoms with E-state index < -0.39 is 0 Å². The number of hydrogen-bond acceptors (Lipinski definition) is 4. The number of pyridine rings is 1. The van der Waals surface area contributed by atoms with Crippen LogP contribution in [-0.4, -0.2) is 30.2 Å². The molecule has 0 aromatic carbocycles. The summed E-state index contributed by atoms with van der Waals surface area (Å²) in [5, 5.41) is 8.16. The topological polar surface area (TPSA) is 60.0 Å². The van der Waals surface area contributed by atoms with Crippen LogP contribution in [0.5, 0.6) is 0 Å². The number of nitrogens with one attached hydrogen (secondary N) is 1. The lowest BCUT2D eigenvalue weighted by Gasteiger charge is -2.23. The van der Waals surface area contributed by atoms with Crippen LogP contribution in [0, 0.1) is 0 Å². The van der Waals surface area contributed by atoms with Gasteiger partial charge < -0.3 is 9.72 Å². The molecule has 1 N–H and O–H groups in total. The molecule has 3 aromatic rings. The Morgan fingerprint density at radius 1 is 1.32 bits per heavy atom.